The first kappa shape index (κ1) is 22.0. The molecule has 4 nitrogen and oxygen atoms in total. The number of rotatable bonds is 7. The van der Waals surface area contributed by atoms with Crippen molar-refractivity contribution in [2.75, 3.05) is 17.2 Å². The summed E-state index contributed by atoms with van der Waals surface area (Å²) >= 11 is 18.3. The summed E-state index contributed by atoms with van der Waals surface area (Å²) in [5.41, 5.74) is 1.06. The first-order valence-corrected chi connectivity index (χ1v) is 9.66. The van der Waals surface area contributed by atoms with E-state index >= 15 is 0 Å². The quantitative estimate of drug-likeness (QED) is 0.292. The second-order valence-electron chi connectivity index (χ2n) is 6.21. The lowest BCUT2D eigenvalue weighted by molar-refractivity contribution is 0.103. The van der Waals surface area contributed by atoms with E-state index in [1.54, 1.807) is 24.5 Å². The molecule has 0 radical (unpaired) electrons. The minimum atomic E-state index is -0.913. The van der Waals surface area contributed by atoms with Crippen molar-refractivity contribution in [3.8, 4) is 0 Å². The zero-order valence-corrected chi connectivity index (χ0v) is 17.5. The number of carbonyl (C=O) groups is 1. The summed E-state index contributed by atoms with van der Waals surface area (Å²) in [6.45, 7) is 3.95. The molecule has 0 aliphatic rings. The van der Waals surface area contributed by atoms with Crippen molar-refractivity contribution in [3.05, 3.63) is 93.2 Å². The molecule has 0 atom stereocenters. The first-order valence-electron chi connectivity index (χ1n) is 8.53. The van der Waals surface area contributed by atoms with Crippen molar-refractivity contribution in [1.82, 2.24) is 4.98 Å². The SMILES string of the molecule is C=C(CNc1cccnc1)C(=O)c1cc(Nc2c(F)cc(F)cc2Cl)c(Cl)cc1Cl. The van der Waals surface area contributed by atoms with E-state index in [1.807, 2.05) is 0 Å². The lowest BCUT2D eigenvalue weighted by atomic mass is 10.0. The Kier molecular flexibility index (Phi) is 6.92. The number of hydrogen-bond donors (Lipinski definition) is 2. The van der Waals surface area contributed by atoms with Crippen LogP contribution in [-0.4, -0.2) is 17.3 Å². The fraction of sp³-hybridized carbons (Fsp3) is 0.0476. The highest BCUT2D eigenvalue weighted by atomic mass is 35.5. The van der Waals surface area contributed by atoms with Gasteiger partial charge in [0.25, 0.3) is 0 Å². The van der Waals surface area contributed by atoms with Crippen LogP contribution < -0.4 is 10.6 Å². The molecule has 0 fully saturated rings. The maximum atomic E-state index is 14.1. The summed E-state index contributed by atoms with van der Waals surface area (Å²) < 4.78 is 27.4. The molecule has 0 unspecified atom stereocenters. The van der Waals surface area contributed by atoms with Crippen molar-refractivity contribution in [2.24, 2.45) is 0 Å². The van der Waals surface area contributed by atoms with E-state index < -0.39 is 17.4 Å². The third-order valence-electron chi connectivity index (χ3n) is 4.06. The highest BCUT2D eigenvalue weighted by molar-refractivity contribution is 6.39. The molecule has 154 valence electrons. The predicted octanol–water partition coefficient (Wildman–Crippen LogP) is 6.91. The average molecular weight is 469 g/mol. The van der Waals surface area contributed by atoms with Gasteiger partial charge in [-0.05, 0) is 30.3 Å². The van der Waals surface area contributed by atoms with Gasteiger partial charge in [0.1, 0.15) is 5.82 Å². The Bertz CT molecular complexity index is 1100. The summed E-state index contributed by atoms with van der Waals surface area (Å²) in [6.07, 6.45) is 3.24. The second kappa shape index (κ2) is 9.43. The number of nitrogens with zero attached hydrogens (tertiary/aromatic N) is 1. The van der Waals surface area contributed by atoms with E-state index in [0.717, 1.165) is 11.8 Å². The van der Waals surface area contributed by atoms with Crippen molar-refractivity contribution >= 4 is 57.6 Å². The molecule has 0 saturated heterocycles. The van der Waals surface area contributed by atoms with Crippen molar-refractivity contribution in [2.45, 2.75) is 0 Å². The van der Waals surface area contributed by atoms with Gasteiger partial charge in [-0.2, -0.15) is 0 Å². The zero-order chi connectivity index (χ0) is 21.8. The number of pyridine rings is 1. The molecule has 1 aromatic heterocycles. The molecule has 0 amide bonds. The van der Waals surface area contributed by atoms with Gasteiger partial charge in [-0.25, -0.2) is 8.78 Å². The van der Waals surface area contributed by atoms with E-state index in [4.69, 9.17) is 34.8 Å². The molecule has 0 saturated carbocycles. The minimum Gasteiger partial charge on any atom is -0.380 e. The van der Waals surface area contributed by atoms with E-state index in [0.29, 0.717) is 6.07 Å². The molecular formula is C21H14Cl3F2N3O. The van der Waals surface area contributed by atoms with Crippen LogP contribution in [0.2, 0.25) is 15.1 Å². The fourth-order valence-electron chi connectivity index (χ4n) is 2.56. The fourth-order valence-corrected chi connectivity index (χ4v) is 3.32. The van der Waals surface area contributed by atoms with Gasteiger partial charge in [-0.3, -0.25) is 9.78 Å². The standard InChI is InChI=1S/C21H14Cl3F2N3O/c1-11(9-28-13-3-2-4-27-10-13)21(30)14-7-19(16(23)8-15(14)22)29-20-17(24)5-12(25)6-18(20)26/h2-8,10,28-29H,1,9H2. The smallest absolute Gasteiger partial charge is 0.191 e. The van der Waals surface area contributed by atoms with Crippen LogP contribution in [0.4, 0.5) is 25.8 Å². The third-order valence-corrected chi connectivity index (χ3v) is 4.98. The zero-order valence-electron chi connectivity index (χ0n) is 15.3. The predicted molar refractivity (Wildman–Crippen MR) is 117 cm³/mol. The Hall–Kier alpha value is -2.67. The number of Topliss-reactive ketones (excluding diaryl/α,β-unsaturated/α-hetero) is 1. The van der Waals surface area contributed by atoms with Crippen LogP contribution in [0.3, 0.4) is 0 Å². The number of carbonyl (C=O) groups excluding carboxylic acids is 1. The molecule has 9 heteroatoms. The highest BCUT2D eigenvalue weighted by Crippen LogP contribution is 2.35. The average Bonchev–Trinajstić information content (AvgIpc) is 2.70. The lowest BCUT2D eigenvalue weighted by Crippen LogP contribution is -2.13. The third kappa shape index (κ3) is 5.08. The topological polar surface area (TPSA) is 54.0 Å². The van der Waals surface area contributed by atoms with Gasteiger partial charge in [-0.15, -0.1) is 0 Å². The van der Waals surface area contributed by atoms with Crippen molar-refractivity contribution in [3.63, 3.8) is 0 Å². The van der Waals surface area contributed by atoms with E-state index in [-0.39, 0.29) is 44.1 Å². The minimum absolute atomic E-state index is 0.101. The molecule has 2 aromatic carbocycles. The first-order chi connectivity index (χ1) is 14.3. The maximum Gasteiger partial charge on any atom is 0.191 e. The summed E-state index contributed by atoms with van der Waals surface area (Å²) in [5.74, 6) is -2.16. The van der Waals surface area contributed by atoms with Gasteiger partial charge in [0.05, 0.1) is 32.1 Å². The molecular weight excluding hydrogens is 455 g/mol. The molecule has 0 bridgehead atoms. The van der Waals surface area contributed by atoms with E-state index in [2.05, 4.69) is 22.2 Å². The second-order valence-corrected chi connectivity index (χ2v) is 7.43. The lowest BCUT2D eigenvalue weighted by Gasteiger charge is -2.14. The Labute approximate surface area is 186 Å². The summed E-state index contributed by atoms with van der Waals surface area (Å²) in [4.78, 5) is 16.8. The summed E-state index contributed by atoms with van der Waals surface area (Å²) in [5, 5.41) is 5.75. The summed E-state index contributed by atoms with van der Waals surface area (Å²) in [7, 11) is 0. The normalized spacial score (nSPS) is 10.6. The van der Waals surface area contributed by atoms with Gasteiger partial charge in [0, 0.05) is 36.1 Å². The molecule has 30 heavy (non-hydrogen) atoms. The Balaban J connectivity index is 1.84. The number of aromatic nitrogens is 1. The largest absolute Gasteiger partial charge is 0.380 e. The Morgan fingerprint density at radius 2 is 1.83 bits per heavy atom. The van der Waals surface area contributed by atoms with Crippen LogP contribution in [0, 0.1) is 11.6 Å². The number of halogens is 5. The molecule has 0 aliphatic carbocycles. The van der Waals surface area contributed by atoms with Gasteiger partial charge < -0.3 is 10.6 Å². The van der Waals surface area contributed by atoms with E-state index in [9.17, 15) is 13.6 Å². The highest BCUT2D eigenvalue weighted by Gasteiger charge is 2.19. The molecule has 3 aromatic rings. The number of anilines is 3. The molecule has 0 spiro atoms. The van der Waals surface area contributed by atoms with Crippen LogP contribution in [0.25, 0.3) is 0 Å². The molecule has 0 aliphatic heterocycles. The van der Waals surface area contributed by atoms with Crippen LogP contribution in [0.5, 0.6) is 0 Å². The Morgan fingerprint density at radius 3 is 2.50 bits per heavy atom. The van der Waals surface area contributed by atoms with Gasteiger partial charge in [-0.1, -0.05) is 41.4 Å². The monoisotopic (exact) mass is 467 g/mol. The van der Waals surface area contributed by atoms with Crippen LogP contribution >= 0.6 is 34.8 Å². The number of ketones is 1. The van der Waals surface area contributed by atoms with Crippen LogP contribution in [0.1, 0.15) is 10.4 Å². The van der Waals surface area contributed by atoms with Crippen molar-refractivity contribution < 1.29 is 13.6 Å². The molecule has 3 rings (SSSR count). The van der Waals surface area contributed by atoms with Gasteiger partial charge in [0.15, 0.2) is 11.6 Å². The summed E-state index contributed by atoms with van der Waals surface area (Å²) in [6, 6.07) is 7.88. The Morgan fingerprint density at radius 1 is 1.07 bits per heavy atom. The number of nitrogens with one attached hydrogen (secondary N) is 2. The van der Waals surface area contributed by atoms with E-state index in [1.165, 1.54) is 12.1 Å². The van der Waals surface area contributed by atoms with Crippen molar-refractivity contribution in [1.29, 1.82) is 0 Å². The van der Waals surface area contributed by atoms with Crippen LogP contribution in [0.15, 0.2) is 60.9 Å². The van der Waals surface area contributed by atoms with Gasteiger partial charge >= 0.3 is 0 Å². The number of hydrogen-bond acceptors (Lipinski definition) is 4. The maximum absolute atomic E-state index is 14.1. The van der Waals surface area contributed by atoms with Crippen LogP contribution in [-0.2, 0) is 0 Å². The molecule has 2 N–H and O–H groups in total. The number of benzene rings is 2. The van der Waals surface area contributed by atoms with Gasteiger partial charge in [0.2, 0.25) is 0 Å². The molecule has 1 heterocycles.